The number of fused-ring (bicyclic) bond motifs is 1. The highest BCUT2D eigenvalue weighted by molar-refractivity contribution is 8.14. The van der Waals surface area contributed by atoms with Crippen molar-refractivity contribution in [3.05, 3.63) is 0 Å². The average molecular weight is 253 g/mol. The van der Waals surface area contributed by atoms with E-state index in [1.54, 1.807) is 0 Å². The first-order valence-electron chi connectivity index (χ1n) is 6.85. The molecule has 4 heteroatoms. The van der Waals surface area contributed by atoms with Gasteiger partial charge in [0.05, 0.1) is 6.04 Å². The van der Waals surface area contributed by atoms with E-state index in [4.69, 9.17) is 4.99 Å². The number of nitrogens with zero attached hydrogens (tertiary/aromatic N) is 2. The Morgan fingerprint density at radius 2 is 2.24 bits per heavy atom. The molecule has 2 atom stereocenters. The van der Waals surface area contributed by atoms with Gasteiger partial charge in [-0.2, -0.15) is 0 Å². The van der Waals surface area contributed by atoms with Crippen molar-refractivity contribution in [3.8, 4) is 0 Å². The van der Waals surface area contributed by atoms with Gasteiger partial charge < -0.3 is 10.2 Å². The van der Waals surface area contributed by atoms with Crippen LogP contribution in [0.5, 0.6) is 0 Å². The Kier molecular flexibility index (Phi) is 3.11. The van der Waals surface area contributed by atoms with Crippen molar-refractivity contribution in [2.45, 2.75) is 57.2 Å². The fourth-order valence-electron chi connectivity index (χ4n) is 3.17. The molecule has 96 valence electrons. The molecular formula is C13H23N3S. The zero-order valence-corrected chi connectivity index (χ0v) is 11.7. The lowest BCUT2D eigenvalue weighted by molar-refractivity contribution is 0.183. The summed E-state index contributed by atoms with van der Waals surface area (Å²) in [4.78, 5) is 7.60. The molecule has 0 saturated carbocycles. The molecule has 17 heavy (non-hydrogen) atoms. The van der Waals surface area contributed by atoms with Crippen LogP contribution in [-0.4, -0.2) is 46.5 Å². The largest absolute Gasteiger partial charge is 0.359 e. The lowest BCUT2D eigenvalue weighted by atomic mass is 9.98. The predicted molar refractivity (Wildman–Crippen MR) is 74.7 cm³/mol. The van der Waals surface area contributed by atoms with Gasteiger partial charge in [-0.1, -0.05) is 11.8 Å². The monoisotopic (exact) mass is 253 g/mol. The fourth-order valence-corrected chi connectivity index (χ4v) is 4.31. The van der Waals surface area contributed by atoms with Crippen LogP contribution >= 0.6 is 11.8 Å². The maximum Gasteiger partial charge on any atom is 0.157 e. The first-order valence-corrected chi connectivity index (χ1v) is 7.84. The van der Waals surface area contributed by atoms with Crippen LogP contribution in [0.15, 0.2) is 4.99 Å². The van der Waals surface area contributed by atoms with E-state index in [9.17, 15) is 0 Å². The third-order valence-electron chi connectivity index (χ3n) is 4.11. The van der Waals surface area contributed by atoms with Crippen LogP contribution in [0.4, 0.5) is 0 Å². The second-order valence-electron chi connectivity index (χ2n) is 6.24. The molecule has 0 radical (unpaired) electrons. The molecule has 3 saturated heterocycles. The minimum absolute atomic E-state index is 0.234. The molecule has 1 N–H and O–H groups in total. The van der Waals surface area contributed by atoms with E-state index in [2.05, 4.69) is 24.1 Å². The highest BCUT2D eigenvalue weighted by Gasteiger charge is 2.33. The van der Waals surface area contributed by atoms with Crippen molar-refractivity contribution in [2.75, 3.05) is 18.8 Å². The minimum Gasteiger partial charge on any atom is -0.359 e. The highest BCUT2D eigenvalue weighted by Crippen LogP contribution is 2.30. The van der Waals surface area contributed by atoms with Gasteiger partial charge in [0, 0.05) is 23.9 Å². The summed E-state index contributed by atoms with van der Waals surface area (Å²) in [6, 6.07) is 1.40. The lowest BCUT2D eigenvalue weighted by Gasteiger charge is -2.33. The molecular weight excluding hydrogens is 230 g/mol. The number of nitrogens with one attached hydrogen (secondary N) is 1. The fraction of sp³-hybridized carbons (Fsp3) is 0.923. The standard InChI is InChI=1S/C13H23N3S/c1-13(2)9-17-12(15-13)14-10-5-7-16-6-3-4-11(16)8-10/h10-11H,3-9H2,1-2H3,(H,14,15). The molecule has 3 rings (SSSR count). The summed E-state index contributed by atoms with van der Waals surface area (Å²) in [5.41, 5.74) is 0.234. The van der Waals surface area contributed by atoms with Gasteiger partial charge in [-0.05, 0) is 46.1 Å². The van der Waals surface area contributed by atoms with E-state index in [0.717, 1.165) is 11.8 Å². The Morgan fingerprint density at radius 1 is 1.35 bits per heavy atom. The lowest BCUT2D eigenvalue weighted by Crippen LogP contribution is -2.41. The van der Waals surface area contributed by atoms with Crippen LogP contribution in [0.25, 0.3) is 0 Å². The number of aliphatic imine (C=N–C) groups is 1. The number of rotatable bonds is 1. The van der Waals surface area contributed by atoms with Crippen LogP contribution < -0.4 is 5.32 Å². The van der Waals surface area contributed by atoms with E-state index in [-0.39, 0.29) is 5.54 Å². The van der Waals surface area contributed by atoms with Crippen molar-refractivity contribution in [1.29, 1.82) is 0 Å². The SMILES string of the molecule is CC1(C)CSC(=NC2CCN3CCCC3C2)N1. The first kappa shape index (κ1) is 11.8. The predicted octanol–water partition coefficient (Wildman–Crippen LogP) is 2.08. The summed E-state index contributed by atoms with van der Waals surface area (Å²) in [6.07, 6.45) is 5.33. The van der Waals surface area contributed by atoms with Gasteiger partial charge in [0.2, 0.25) is 0 Å². The molecule has 3 nitrogen and oxygen atoms in total. The Morgan fingerprint density at radius 3 is 3.00 bits per heavy atom. The average Bonchev–Trinajstić information content (AvgIpc) is 2.84. The topological polar surface area (TPSA) is 27.6 Å². The van der Waals surface area contributed by atoms with Crippen LogP contribution in [-0.2, 0) is 0 Å². The summed E-state index contributed by atoms with van der Waals surface area (Å²) >= 11 is 1.89. The molecule has 3 aliphatic heterocycles. The number of hydrogen-bond donors (Lipinski definition) is 1. The Labute approximate surface area is 108 Å². The molecule has 0 aliphatic carbocycles. The zero-order chi connectivity index (χ0) is 11.9. The Bertz CT molecular complexity index is 327. The minimum atomic E-state index is 0.234. The van der Waals surface area contributed by atoms with Crippen molar-refractivity contribution < 1.29 is 0 Å². The zero-order valence-electron chi connectivity index (χ0n) is 10.9. The Hall–Kier alpha value is -0.220. The highest BCUT2D eigenvalue weighted by atomic mass is 32.2. The van der Waals surface area contributed by atoms with E-state index in [1.165, 1.54) is 43.9 Å². The molecule has 0 spiro atoms. The van der Waals surface area contributed by atoms with Gasteiger partial charge >= 0.3 is 0 Å². The van der Waals surface area contributed by atoms with Gasteiger partial charge in [-0.25, -0.2) is 0 Å². The number of thioether (sulfide) groups is 1. The Balaban J connectivity index is 1.61. The van der Waals surface area contributed by atoms with Crippen LogP contribution in [0.1, 0.15) is 39.5 Å². The second-order valence-corrected chi connectivity index (χ2v) is 7.21. The molecule has 0 bridgehead atoms. The molecule has 3 aliphatic rings. The molecule has 0 aromatic carbocycles. The van der Waals surface area contributed by atoms with Gasteiger partial charge in [-0.3, -0.25) is 4.99 Å². The van der Waals surface area contributed by atoms with E-state index >= 15 is 0 Å². The maximum absolute atomic E-state index is 4.93. The number of amidine groups is 1. The van der Waals surface area contributed by atoms with E-state index in [0.29, 0.717) is 6.04 Å². The van der Waals surface area contributed by atoms with E-state index in [1.807, 2.05) is 11.8 Å². The van der Waals surface area contributed by atoms with Gasteiger partial charge in [-0.15, -0.1) is 0 Å². The van der Waals surface area contributed by atoms with Crippen molar-refractivity contribution in [3.63, 3.8) is 0 Å². The van der Waals surface area contributed by atoms with Crippen LogP contribution in [0, 0.1) is 0 Å². The summed E-state index contributed by atoms with van der Waals surface area (Å²) in [5, 5.41) is 4.72. The molecule has 3 heterocycles. The summed E-state index contributed by atoms with van der Waals surface area (Å²) < 4.78 is 0. The number of piperidine rings is 1. The normalized spacial score (nSPS) is 39.3. The second kappa shape index (κ2) is 4.47. The molecule has 3 fully saturated rings. The van der Waals surface area contributed by atoms with Gasteiger partial charge in [0.15, 0.2) is 5.17 Å². The number of hydrogen-bond acceptors (Lipinski definition) is 3. The molecule has 0 amide bonds. The van der Waals surface area contributed by atoms with Crippen LogP contribution in [0.3, 0.4) is 0 Å². The summed E-state index contributed by atoms with van der Waals surface area (Å²) in [7, 11) is 0. The summed E-state index contributed by atoms with van der Waals surface area (Å²) in [5.74, 6) is 1.15. The maximum atomic E-state index is 4.93. The quantitative estimate of drug-likeness (QED) is 0.775. The molecule has 0 aromatic heterocycles. The molecule has 2 unspecified atom stereocenters. The van der Waals surface area contributed by atoms with Gasteiger partial charge in [0.1, 0.15) is 0 Å². The first-order chi connectivity index (χ1) is 8.12. The smallest absolute Gasteiger partial charge is 0.157 e. The third kappa shape index (κ3) is 2.63. The summed E-state index contributed by atoms with van der Waals surface area (Å²) in [6.45, 7) is 7.10. The van der Waals surface area contributed by atoms with Crippen molar-refractivity contribution >= 4 is 16.9 Å². The van der Waals surface area contributed by atoms with E-state index < -0.39 is 0 Å². The van der Waals surface area contributed by atoms with Crippen molar-refractivity contribution in [1.82, 2.24) is 10.2 Å². The van der Waals surface area contributed by atoms with Crippen molar-refractivity contribution in [2.24, 2.45) is 4.99 Å². The third-order valence-corrected chi connectivity index (χ3v) is 5.45. The van der Waals surface area contributed by atoms with Gasteiger partial charge in [0.25, 0.3) is 0 Å². The molecule has 0 aromatic rings. The van der Waals surface area contributed by atoms with Crippen LogP contribution in [0.2, 0.25) is 0 Å².